The normalized spacial score (nSPS) is 17.4. The number of thioether (sulfide) groups is 1. The van der Waals surface area contributed by atoms with Gasteiger partial charge in [0.05, 0.1) is 5.75 Å². The van der Waals surface area contributed by atoms with Crippen LogP contribution in [0.2, 0.25) is 0 Å². The molecule has 3 aromatic carbocycles. The van der Waals surface area contributed by atoms with Crippen LogP contribution < -0.4 is 9.47 Å². The van der Waals surface area contributed by atoms with Gasteiger partial charge in [-0.05, 0) is 29.8 Å². The van der Waals surface area contributed by atoms with Gasteiger partial charge in [-0.25, -0.2) is 0 Å². The van der Waals surface area contributed by atoms with Gasteiger partial charge in [0.25, 0.3) is 0 Å². The van der Waals surface area contributed by atoms with Gasteiger partial charge in [0.15, 0.2) is 28.6 Å². The third kappa shape index (κ3) is 5.39. The number of carbonyl (C=O) groups excluding carboxylic acids is 1. The van der Waals surface area contributed by atoms with Crippen molar-refractivity contribution < 1.29 is 14.3 Å². The minimum absolute atomic E-state index is 0.115. The largest absolute Gasteiger partial charge is 0.485 e. The molecule has 0 aliphatic carbocycles. The third-order valence-corrected chi connectivity index (χ3v) is 7.68. The van der Waals surface area contributed by atoms with Crippen LogP contribution in [0.25, 0.3) is 5.69 Å². The first kappa shape index (κ1) is 24.5. The molecule has 1 amide bonds. The van der Waals surface area contributed by atoms with Crippen molar-refractivity contribution in [2.45, 2.75) is 17.8 Å². The molecule has 0 saturated carbocycles. The van der Waals surface area contributed by atoms with Crippen LogP contribution in [0.1, 0.15) is 17.5 Å². The number of nitrogens with zero attached hydrogens (tertiary/aromatic N) is 5. The number of carbonyl (C=O) groups is 1. The van der Waals surface area contributed by atoms with E-state index in [-0.39, 0.29) is 5.91 Å². The van der Waals surface area contributed by atoms with E-state index >= 15 is 0 Å². The van der Waals surface area contributed by atoms with Crippen molar-refractivity contribution in [1.82, 2.24) is 24.6 Å². The summed E-state index contributed by atoms with van der Waals surface area (Å²) in [4.78, 5) is 17.5. The van der Waals surface area contributed by atoms with E-state index < -0.39 is 6.10 Å². The molecule has 8 nitrogen and oxygen atoms in total. The summed E-state index contributed by atoms with van der Waals surface area (Å²) in [5.41, 5.74) is 2.22. The molecule has 1 fully saturated rings. The van der Waals surface area contributed by atoms with E-state index in [4.69, 9.17) is 9.47 Å². The molecule has 38 heavy (non-hydrogen) atoms. The molecule has 1 atom stereocenters. The lowest BCUT2D eigenvalue weighted by Gasteiger charge is -2.34. The summed E-state index contributed by atoms with van der Waals surface area (Å²) in [6.45, 7) is 4.45. The summed E-state index contributed by atoms with van der Waals surface area (Å²) in [5.74, 6) is 2.47. The second-order valence-electron chi connectivity index (χ2n) is 9.31. The number of benzene rings is 3. The van der Waals surface area contributed by atoms with Crippen LogP contribution in [-0.2, 0) is 11.3 Å². The van der Waals surface area contributed by atoms with Crippen molar-refractivity contribution in [3.05, 3.63) is 96.3 Å². The average molecular weight is 528 g/mol. The van der Waals surface area contributed by atoms with Crippen molar-refractivity contribution >= 4 is 17.7 Å². The second-order valence-corrected chi connectivity index (χ2v) is 10.2. The number of fused-ring (bicyclic) bond motifs is 1. The van der Waals surface area contributed by atoms with Crippen LogP contribution >= 0.6 is 11.8 Å². The fourth-order valence-electron chi connectivity index (χ4n) is 4.76. The van der Waals surface area contributed by atoms with E-state index in [0.29, 0.717) is 29.1 Å². The van der Waals surface area contributed by atoms with Gasteiger partial charge in [0.2, 0.25) is 5.91 Å². The van der Waals surface area contributed by atoms with E-state index in [0.717, 1.165) is 44.2 Å². The molecule has 3 heterocycles. The number of rotatable bonds is 7. The van der Waals surface area contributed by atoms with Crippen molar-refractivity contribution in [3.8, 4) is 17.2 Å². The van der Waals surface area contributed by atoms with Crippen LogP contribution in [0.15, 0.2) is 90.1 Å². The molecule has 4 aromatic rings. The van der Waals surface area contributed by atoms with E-state index in [1.54, 1.807) is 0 Å². The zero-order chi connectivity index (χ0) is 25.7. The molecule has 0 spiro atoms. The maximum Gasteiger partial charge on any atom is 0.233 e. The van der Waals surface area contributed by atoms with E-state index in [9.17, 15) is 4.79 Å². The predicted molar refractivity (Wildman–Crippen MR) is 146 cm³/mol. The number of hydrogen-bond donors (Lipinski definition) is 0. The number of ether oxygens (including phenoxy) is 2. The smallest absolute Gasteiger partial charge is 0.233 e. The lowest BCUT2D eigenvalue weighted by Crippen LogP contribution is -2.48. The summed E-state index contributed by atoms with van der Waals surface area (Å²) in [7, 11) is 0. The Morgan fingerprint density at radius 3 is 2.29 bits per heavy atom. The molecular weight excluding hydrogens is 498 g/mol. The lowest BCUT2D eigenvalue weighted by atomic mass is 10.2. The maximum atomic E-state index is 13.1. The molecule has 0 unspecified atom stereocenters. The molecular formula is C29H29N5O3S. The van der Waals surface area contributed by atoms with Gasteiger partial charge in [-0.2, -0.15) is 0 Å². The van der Waals surface area contributed by atoms with E-state index in [1.807, 2.05) is 70.1 Å². The van der Waals surface area contributed by atoms with Crippen LogP contribution in [0, 0.1) is 0 Å². The fraction of sp³-hybridized carbons (Fsp3) is 0.276. The highest BCUT2D eigenvalue weighted by molar-refractivity contribution is 7.99. The molecule has 1 saturated heterocycles. The zero-order valence-corrected chi connectivity index (χ0v) is 21.8. The topological polar surface area (TPSA) is 72.7 Å². The number of aromatic nitrogens is 3. The standard InChI is InChI=1S/C29H29N5O3S/c35-27(33-17-15-32(16-18-33)19-22-9-3-1-4-10-22)21-38-29-31-30-28(34(29)23-11-5-2-6-12-23)26-20-36-24-13-7-8-14-25(24)37-26/h1-14,26H,15-21H2/t26-/m1/s1. The molecule has 1 aromatic heterocycles. The Labute approximate surface area is 226 Å². The van der Waals surface area contributed by atoms with Gasteiger partial charge >= 0.3 is 0 Å². The zero-order valence-electron chi connectivity index (χ0n) is 21.0. The molecule has 2 aliphatic rings. The second kappa shape index (κ2) is 11.3. The van der Waals surface area contributed by atoms with Gasteiger partial charge in [-0.15, -0.1) is 10.2 Å². The van der Waals surface area contributed by atoms with Gasteiger partial charge in [0, 0.05) is 38.4 Å². The van der Waals surface area contributed by atoms with Gasteiger partial charge in [-0.3, -0.25) is 14.3 Å². The van der Waals surface area contributed by atoms with Gasteiger partial charge in [-0.1, -0.05) is 72.4 Å². The van der Waals surface area contributed by atoms with Crippen LogP contribution in [0.5, 0.6) is 11.5 Å². The number of amides is 1. The van der Waals surface area contributed by atoms with Crippen LogP contribution in [0.4, 0.5) is 0 Å². The summed E-state index contributed by atoms with van der Waals surface area (Å²) >= 11 is 1.41. The SMILES string of the molecule is O=C(CSc1nnc([C@H]2COc3ccccc3O2)n1-c1ccccc1)N1CCN(Cc2ccccc2)CC1. The fourth-order valence-corrected chi connectivity index (χ4v) is 5.63. The number of piperazine rings is 1. The van der Waals surface area contributed by atoms with Crippen molar-refractivity contribution in [3.63, 3.8) is 0 Å². The highest BCUT2D eigenvalue weighted by atomic mass is 32.2. The summed E-state index contributed by atoms with van der Waals surface area (Å²) in [5, 5.41) is 9.60. The Bertz CT molecular complexity index is 1370. The highest BCUT2D eigenvalue weighted by Crippen LogP contribution is 2.37. The van der Waals surface area contributed by atoms with E-state index in [2.05, 4.69) is 39.4 Å². The van der Waals surface area contributed by atoms with Crippen LogP contribution in [0.3, 0.4) is 0 Å². The highest BCUT2D eigenvalue weighted by Gasteiger charge is 2.30. The molecule has 9 heteroatoms. The van der Waals surface area contributed by atoms with E-state index in [1.165, 1.54) is 17.3 Å². The summed E-state index contributed by atoms with van der Waals surface area (Å²) in [6, 6.07) is 28.0. The Balaban J connectivity index is 1.12. The lowest BCUT2D eigenvalue weighted by molar-refractivity contribution is -0.130. The summed E-state index contributed by atoms with van der Waals surface area (Å²) in [6.07, 6.45) is -0.416. The Morgan fingerprint density at radius 2 is 1.53 bits per heavy atom. The van der Waals surface area contributed by atoms with Crippen molar-refractivity contribution in [1.29, 1.82) is 0 Å². The van der Waals surface area contributed by atoms with Crippen molar-refractivity contribution in [2.24, 2.45) is 0 Å². The Kier molecular flexibility index (Phi) is 7.28. The summed E-state index contributed by atoms with van der Waals surface area (Å²) < 4.78 is 14.1. The monoisotopic (exact) mass is 527 g/mol. The predicted octanol–water partition coefficient (Wildman–Crippen LogP) is 4.22. The molecule has 2 aliphatic heterocycles. The maximum absolute atomic E-state index is 13.1. The molecule has 194 valence electrons. The minimum Gasteiger partial charge on any atom is -0.485 e. The first-order chi connectivity index (χ1) is 18.7. The number of para-hydroxylation sites is 3. The molecule has 0 radical (unpaired) electrons. The Morgan fingerprint density at radius 1 is 0.842 bits per heavy atom. The first-order valence-electron chi connectivity index (χ1n) is 12.8. The Hall–Kier alpha value is -3.82. The first-order valence-corrected chi connectivity index (χ1v) is 13.8. The van der Waals surface area contributed by atoms with Gasteiger partial charge in [0.1, 0.15) is 6.61 Å². The van der Waals surface area contributed by atoms with Gasteiger partial charge < -0.3 is 14.4 Å². The van der Waals surface area contributed by atoms with Crippen LogP contribution in [-0.4, -0.2) is 69.0 Å². The minimum atomic E-state index is -0.416. The third-order valence-electron chi connectivity index (χ3n) is 6.77. The average Bonchev–Trinajstić information content (AvgIpc) is 3.41. The quantitative estimate of drug-likeness (QED) is 0.333. The molecule has 6 rings (SSSR count). The van der Waals surface area contributed by atoms with Crippen molar-refractivity contribution in [2.75, 3.05) is 38.5 Å². The molecule has 0 bridgehead atoms. The number of hydrogen-bond acceptors (Lipinski definition) is 7. The molecule has 0 N–H and O–H groups in total.